The number of rotatable bonds is 59. The summed E-state index contributed by atoms with van der Waals surface area (Å²) in [4.78, 5) is 258. The molecule has 0 radical (unpaired) electrons. The van der Waals surface area contributed by atoms with Crippen LogP contribution in [-0.4, -0.2) is 281 Å². The van der Waals surface area contributed by atoms with Crippen molar-refractivity contribution in [1.29, 1.82) is 21.6 Å². The molecule has 147 heavy (non-hydrogen) atoms. The zero-order valence-corrected chi connectivity index (χ0v) is 85.9. The molecule has 0 bridgehead atoms. The van der Waals surface area contributed by atoms with Crippen LogP contribution in [0.4, 0.5) is 0 Å². The Labute approximate surface area is 857 Å². The van der Waals surface area contributed by atoms with Gasteiger partial charge in [-0.25, -0.2) is 0 Å². The molecule has 0 aromatic heterocycles. The number of carboxylic acid groups (broad SMARTS) is 1. The van der Waals surface area contributed by atoms with E-state index in [4.69, 9.17) is 56.0 Å². The van der Waals surface area contributed by atoms with Gasteiger partial charge in [-0.15, -0.1) is 0 Å². The summed E-state index contributed by atoms with van der Waals surface area (Å²) < 4.78 is 0. The zero-order chi connectivity index (χ0) is 110. The number of allylic oxidation sites excluding steroid dienone is 2. The Morgan fingerprint density at radius 2 is 0.891 bits per heavy atom. The predicted octanol–water partition coefficient (Wildman–Crippen LogP) is -4.51. The van der Waals surface area contributed by atoms with Gasteiger partial charge in [0, 0.05) is 65.3 Å². The summed E-state index contributed by atoms with van der Waals surface area (Å²) in [5.41, 5.74) is 30.8. The van der Waals surface area contributed by atoms with E-state index in [1.54, 1.807) is 70.2 Å². The summed E-state index contributed by atoms with van der Waals surface area (Å²) >= 11 is 0. The van der Waals surface area contributed by atoms with Crippen molar-refractivity contribution in [3.63, 3.8) is 0 Å². The lowest BCUT2D eigenvalue weighted by Gasteiger charge is -2.34. The molecule has 0 spiro atoms. The van der Waals surface area contributed by atoms with Gasteiger partial charge in [0.1, 0.15) is 95.4 Å². The predicted molar refractivity (Wildman–Crippen MR) is 547 cm³/mol. The van der Waals surface area contributed by atoms with Crippen LogP contribution in [0.3, 0.4) is 0 Å². The van der Waals surface area contributed by atoms with Crippen LogP contribution >= 0.6 is 0 Å². The summed E-state index contributed by atoms with van der Waals surface area (Å²) in [5, 5.41) is 116. The first-order valence-corrected chi connectivity index (χ1v) is 49.8. The summed E-state index contributed by atoms with van der Waals surface area (Å²) in [6.07, 6.45) is 0.536. The highest BCUT2D eigenvalue weighted by atomic mass is 16.4. The van der Waals surface area contributed by atoms with Gasteiger partial charge in [-0.3, -0.25) is 108 Å². The van der Waals surface area contributed by atoms with Gasteiger partial charge in [0.05, 0.1) is 6.10 Å². The number of aliphatic hydroxyl groups excluding tert-OH is 1. The fourth-order valence-electron chi connectivity index (χ4n) is 15.6. The minimum atomic E-state index is -2.10. The Bertz CT molecular complexity index is 4760. The van der Waals surface area contributed by atoms with Crippen LogP contribution in [0.15, 0.2) is 66.7 Å². The van der Waals surface area contributed by atoms with Crippen LogP contribution < -0.4 is 141 Å². The van der Waals surface area contributed by atoms with Gasteiger partial charge < -0.3 is 156 Å². The normalized spacial score (nSPS) is 18.7. The van der Waals surface area contributed by atoms with Crippen LogP contribution in [0.1, 0.15) is 234 Å². The number of carbonyl (C=O) groups excluding carboxylic acids is 17. The molecule has 1 aliphatic rings. The lowest BCUT2D eigenvalue weighted by molar-refractivity contribution is -0.140. The molecule has 17 amide bonds. The van der Waals surface area contributed by atoms with Crippen molar-refractivity contribution in [2.45, 2.75) is 332 Å². The molecule has 3 rings (SSSR count). The van der Waals surface area contributed by atoms with Crippen molar-refractivity contribution in [2.24, 2.45) is 46.2 Å². The molecule has 2 aromatic carbocycles. The maximum Gasteiger partial charge on any atom is 0.303 e. The monoisotopic (exact) mass is 2070 g/mol. The molecule has 51 nitrogen and oxygen atoms in total. The number of unbranched alkanes of at least 4 members (excludes halogenated alkanes) is 2. The van der Waals surface area contributed by atoms with E-state index in [0.717, 1.165) is 6.92 Å². The highest BCUT2D eigenvalue weighted by molar-refractivity contribution is 6.02. The van der Waals surface area contributed by atoms with E-state index >= 15 is 28.8 Å². The van der Waals surface area contributed by atoms with E-state index in [2.05, 4.69) is 106 Å². The number of amides is 17. The van der Waals surface area contributed by atoms with Gasteiger partial charge in [0.15, 0.2) is 23.8 Å². The van der Waals surface area contributed by atoms with Crippen molar-refractivity contribution in [3.05, 3.63) is 77.9 Å². The molecule has 820 valence electrons. The third-order valence-electron chi connectivity index (χ3n) is 23.9. The number of aliphatic hydroxyl groups is 1. The topological polar surface area (TPSA) is 860 Å². The first-order valence-electron chi connectivity index (χ1n) is 49.8. The molecule has 16 atom stereocenters. The number of guanidine groups is 4. The fourth-order valence-corrected chi connectivity index (χ4v) is 15.6. The summed E-state index contributed by atoms with van der Waals surface area (Å²) in [5.74, 6) is -19.9. The molecular formula is C96H160N30O21. The van der Waals surface area contributed by atoms with Crippen LogP contribution in [0, 0.1) is 33.5 Å². The number of carbonyl (C=O) groups is 18. The fraction of sp³-hybridized carbons (Fsp3) is 0.625. The number of nitrogens with one attached hydrogen (secondary N) is 24. The molecule has 1 heterocycles. The van der Waals surface area contributed by atoms with Gasteiger partial charge in [-0.2, -0.15) is 0 Å². The average Bonchev–Trinajstić information content (AvgIpc) is 1.02. The van der Waals surface area contributed by atoms with Crippen molar-refractivity contribution < 1.29 is 102 Å². The number of hydrogen-bond donors (Lipinski definition) is 33. The van der Waals surface area contributed by atoms with Crippen molar-refractivity contribution in [3.8, 4) is 5.75 Å². The SMILES string of the molecule is CCCC[C@H](NC(=O)[C@H](CCC(=O)O)NC(=O)[C@H](CCCNC(=N)N)NC(=O)[C@H](Cc1ccc(O)cc1)NC(=O)[C@H](CCCNC(=N)N)NC(=O)[C@H](C)NC(=O)[C@]1(C)CCC/C=C\CCC[C@](C)(NC(=O)[C@@H](NC(=O)[C@H](CCCCN)NC(=O)[C@H](Cc2ccccc2)NC(=O)CCNC(C)=O)C(C)C)C(=O)N[C@@H](CCCNC(=N)N)C(=O)N[C@@H](CCCNC(=N)N)C(=O)N[C@@H]([C@@H](C)O)C(=O)N1)C(=O)N[C@@H](CC(C)C)C(N)=O. The summed E-state index contributed by atoms with van der Waals surface area (Å²) in [6.45, 7) is 14.9. The van der Waals surface area contributed by atoms with Gasteiger partial charge in [0.25, 0.3) is 0 Å². The molecule has 39 N–H and O–H groups in total. The minimum absolute atomic E-state index is 0.00893. The van der Waals surface area contributed by atoms with Crippen molar-refractivity contribution in [2.75, 3.05) is 39.3 Å². The Morgan fingerprint density at radius 1 is 0.463 bits per heavy atom. The number of nitrogens with two attached hydrogens (primary N) is 6. The molecule has 0 saturated carbocycles. The maximum atomic E-state index is 15.4. The van der Waals surface area contributed by atoms with E-state index in [0.29, 0.717) is 36.8 Å². The zero-order valence-electron chi connectivity index (χ0n) is 85.9. The van der Waals surface area contributed by atoms with Gasteiger partial charge in [0.2, 0.25) is 100 Å². The second kappa shape index (κ2) is 66.5. The maximum absolute atomic E-state index is 15.4. The van der Waals surface area contributed by atoms with Crippen LogP contribution in [-0.2, 0) is 99.1 Å². The van der Waals surface area contributed by atoms with Gasteiger partial charge >= 0.3 is 5.97 Å². The summed E-state index contributed by atoms with van der Waals surface area (Å²) in [6, 6.07) is -5.93. The standard InChI is InChI=1S/C96H160N30O21/c1-11-12-30-62(79(136)120-69(76(98)133)51-54(2)3)115-82(139)68(40-41-73(131)132)119-78(135)65(33-25-47-109-92(101)102)118-86(143)71(53-60-36-38-61(129)39-37-60)121-80(137)64(32-24-46-108-91(99)100)114-77(134)56(6)112-89(146)95(9)43-21-15-13-14-16-22-44-96(10,90(147)122-67(35-27-49-111-94(105)106)81(138)116-66(34-26-48-110-93(103)104)84(141)124-75(57(7)127)88(145)126-95)125-87(144)74(55(4)5)123-83(140)63(31-20-23-45-97)117-85(142)70(52-59-28-18-17-19-29-59)113-72(130)42-50-107-58(8)128/h13-14,17-19,28-29,36-39,54-57,62-71,74-75,127,129H,11-12,15-16,20-27,30-35,40-53,97H2,1-10H3,(H2,98,133)(H,107,128)(H,112,146)(H,113,130)(H,114,134)(H,115,139)(H,116,138)(H,117,142)(H,118,143)(H,119,135)(H,120,136)(H,121,137)(H,122,147)(H,123,140)(H,124,141)(H,125,144)(H,126,145)(H,131,132)(H4,99,100,108)(H4,101,102,109)(H4,103,104,110)(H4,105,106,111)/b14-13-/t56-,57+,62-,63-,64-,65-,66-,67-,68-,69-,70-,71-,74-,75-,95-,96-/m0/s1. The first kappa shape index (κ1) is 127. The second-order valence-electron chi connectivity index (χ2n) is 37.8. The number of primary amides is 1. The largest absolute Gasteiger partial charge is 0.508 e. The van der Waals surface area contributed by atoms with Crippen LogP contribution in [0.2, 0.25) is 0 Å². The lowest BCUT2D eigenvalue weighted by Crippen LogP contribution is -2.66. The van der Waals surface area contributed by atoms with Crippen LogP contribution in [0.25, 0.3) is 0 Å². The number of phenolic OH excluding ortho intramolecular Hbond substituents is 1. The van der Waals surface area contributed by atoms with E-state index < -0.39 is 245 Å². The van der Waals surface area contributed by atoms with Crippen molar-refractivity contribution >= 4 is 130 Å². The third kappa shape index (κ3) is 49.7. The first-order chi connectivity index (χ1) is 69.3. The van der Waals surface area contributed by atoms with E-state index in [1.807, 2.05) is 6.92 Å². The quantitative estimate of drug-likeness (QED) is 0.0128. The highest BCUT2D eigenvalue weighted by Crippen LogP contribution is 2.23. The van der Waals surface area contributed by atoms with Crippen LogP contribution in [0.5, 0.6) is 5.75 Å². The molecule has 2 aromatic rings. The van der Waals surface area contributed by atoms with E-state index in [-0.39, 0.29) is 179 Å². The molecule has 1 aliphatic heterocycles. The lowest BCUT2D eigenvalue weighted by atomic mass is 9.90. The number of aliphatic carboxylic acids is 1. The number of benzene rings is 2. The Balaban J connectivity index is 2.22. The van der Waals surface area contributed by atoms with Gasteiger partial charge in [-0.05, 0) is 198 Å². The smallest absolute Gasteiger partial charge is 0.303 e. The Kier molecular flexibility index (Phi) is 57.2. The number of carboxylic acids is 1. The molecule has 0 fully saturated rings. The number of aromatic hydroxyl groups is 1. The Morgan fingerprint density at radius 3 is 1.35 bits per heavy atom. The minimum Gasteiger partial charge on any atom is -0.508 e. The highest BCUT2D eigenvalue weighted by Gasteiger charge is 2.45. The van der Waals surface area contributed by atoms with E-state index in [9.17, 15) is 72.9 Å². The van der Waals surface area contributed by atoms with Gasteiger partial charge in [-0.1, -0.05) is 102 Å². The molecule has 51 heteroatoms. The number of phenols is 1. The Hall–Kier alpha value is -14.6. The summed E-state index contributed by atoms with van der Waals surface area (Å²) in [7, 11) is 0. The third-order valence-corrected chi connectivity index (χ3v) is 23.9. The molecule has 0 unspecified atom stereocenters. The molecule has 0 aliphatic carbocycles. The second-order valence-corrected chi connectivity index (χ2v) is 37.8. The average molecular weight is 2070 g/mol. The molecular weight excluding hydrogens is 1910 g/mol. The molecule has 0 saturated heterocycles. The number of hydrogen-bond acceptors (Lipinski definition) is 25. The van der Waals surface area contributed by atoms with E-state index in [1.165, 1.54) is 52.0 Å². The van der Waals surface area contributed by atoms with Crippen molar-refractivity contribution in [1.82, 2.24) is 106 Å².